The maximum atomic E-state index is 11.7. The minimum atomic E-state index is -0.102. The zero-order valence-corrected chi connectivity index (χ0v) is 11.5. The van der Waals surface area contributed by atoms with E-state index in [1.165, 1.54) is 4.88 Å². The maximum Gasteiger partial charge on any atom is 0.315 e. The molecule has 2 rings (SSSR count). The number of carbonyl (C=O) groups excluding carboxylic acids is 1. The molecule has 0 bridgehead atoms. The molecule has 0 saturated carbocycles. The normalized spacial score (nSPS) is 20.6. The van der Waals surface area contributed by atoms with Crippen molar-refractivity contribution in [3.8, 4) is 0 Å². The average Bonchev–Trinajstić information content (AvgIpc) is 3.02. The molecule has 0 aromatic carbocycles. The van der Waals surface area contributed by atoms with E-state index in [1.54, 1.807) is 11.3 Å². The minimum absolute atomic E-state index is 0.0780. The molecular weight excluding hydrogens is 248 g/mol. The van der Waals surface area contributed by atoms with Crippen LogP contribution >= 0.6 is 11.3 Å². The molecule has 1 aliphatic heterocycles. The molecule has 0 radical (unpaired) electrons. The third kappa shape index (κ3) is 3.99. The van der Waals surface area contributed by atoms with Crippen LogP contribution in [-0.4, -0.2) is 31.3 Å². The first kappa shape index (κ1) is 13.4. The standard InChI is InChI=1S/C13H20N2O2S/c1-10(12-5-2-8-17-12)15-13(16)14-7-6-11-4-3-9-18-11/h3-4,9-10,12H,2,5-8H2,1H3,(H2,14,15,16)/t10-,12-/m0/s1. The summed E-state index contributed by atoms with van der Waals surface area (Å²) in [7, 11) is 0. The lowest BCUT2D eigenvalue weighted by molar-refractivity contribution is 0.0860. The van der Waals surface area contributed by atoms with Crippen molar-refractivity contribution in [3.63, 3.8) is 0 Å². The van der Waals surface area contributed by atoms with Gasteiger partial charge in [-0.1, -0.05) is 6.07 Å². The highest BCUT2D eigenvalue weighted by Crippen LogP contribution is 2.15. The molecule has 2 amide bonds. The maximum absolute atomic E-state index is 11.7. The first-order valence-corrected chi connectivity index (χ1v) is 7.32. The Bertz CT molecular complexity index is 361. The molecule has 2 N–H and O–H groups in total. The predicted molar refractivity (Wildman–Crippen MR) is 73.0 cm³/mol. The Kier molecular flexibility index (Phi) is 5.01. The number of hydrogen-bond donors (Lipinski definition) is 2. The SMILES string of the molecule is C[C@H](NC(=O)NCCc1cccs1)[C@@H]1CCCO1. The van der Waals surface area contributed by atoms with Crippen molar-refractivity contribution in [2.24, 2.45) is 0 Å². The largest absolute Gasteiger partial charge is 0.376 e. The number of thiophene rings is 1. The zero-order chi connectivity index (χ0) is 12.8. The summed E-state index contributed by atoms with van der Waals surface area (Å²) in [6, 6.07) is 4.09. The molecule has 2 atom stereocenters. The van der Waals surface area contributed by atoms with E-state index in [4.69, 9.17) is 4.74 Å². The molecule has 0 unspecified atom stereocenters. The summed E-state index contributed by atoms with van der Waals surface area (Å²) in [4.78, 5) is 13.0. The molecule has 1 aromatic heterocycles. The van der Waals surface area contributed by atoms with Gasteiger partial charge in [-0.2, -0.15) is 0 Å². The summed E-state index contributed by atoms with van der Waals surface area (Å²) in [5, 5.41) is 7.86. The quantitative estimate of drug-likeness (QED) is 0.859. The van der Waals surface area contributed by atoms with E-state index >= 15 is 0 Å². The van der Waals surface area contributed by atoms with Gasteiger partial charge in [-0.15, -0.1) is 11.3 Å². The van der Waals surface area contributed by atoms with Crippen LogP contribution in [0.25, 0.3) is 0 Å². The van der Waals surface area contributed by atoms with E-state index in [-0.39, 0.29) is 18.2 Å². The molecule has 1 fully saturated rings. The van der Waals surface area contributed by atoms with Crippen LogP contribution in [0.1, 0.15) is 24.6 Å². The summed E-state index contributed by atoms with van der Waals surface area (Å²) in [6.45, 7) is 3.48. The van der Waals surface area contributed by atoms with Crippen LogP contribution in [0, 0.1) is 0 Å². The number of amides is 2. The number of nitrogens with one attached hydrogen (secondary N) is 2. The van der Waals surface area contributed by atoms with Gasteiger partial charge in [0.15, 0.2) is 0 Å². The van der Waals surface area contributed by atoms with Gasteiger partial charge in [0.05, 0.1) is 12.1 Å². The topological polar surface area (TPSA) is 50.4 Å². The third-order valence-electron chi connectivity index (χ3n) is 3.12. The van der Waals surface area contributed by atoms with Gasteiger partial charge in [-0.3, -0.25) is 0 Å². The highest BCUT2D eigenvalue weighted by atomic mass is 32.1. The van der Waals surface area contributed by atoms with Crippen LogP contribution in [-0.2, 0) is 11.2 Å². The Balaban J connectivity index is 1.62. The number of hydrogen-bond acceptors (Lipinski definition) is 3. The fraction of sp³-hybridized carbons (Fsp3) is 0.615. The lowest BCUT2D eigenvalue weighted by Crippen LogP contribution is -2.46. The van der Waals surface area contributed by atoms with E-state index in [0.717, 1.165) is 25.9 Å². The van der Waals surface area contributed by atoms with Gasteiger partial charge >= 0.3 is 6.03 Å². The molecule has 2 heterocycles. The van der Waals surface area contributed by atoms with Gasteiger partial charge < -0.3 is 15.4 Å². The molecule has 0 spiro atoms. The van der Waals surface area contributed by atoms with Gasteiger partial charge in [-0.25, -0.2) is 4.79 Å². The van der Waals surface area contributed by atoms with E-state index in [2.05, 4.69) is 22.1 Å². The lowest BCUT2D eigenvalue weighted by Gasteiger charge is -2.20. The molecule has 100 valence electrons. The van der Waals surface area contributed by atoms with Gasteiger partial charge in [0.2, 0.25) is 0 Å². The molecule has 5 heteroatoms. The van der Waals surface area contributed by atoms with Gasteiger partial charge in [0.1, 0.15) is 0 Å². The van der Waals surface area contributed by atoms with Crippen LogP contribution < -0.4 is 10.6 Å². The predicted octanol–water partition coefficient (Wildman–Crippen LogP) is 2.16. The van der Waals surface area contributed by atoms with E-state index in [9.17, 15) is 4.79 Å². The van der Waals surface area contributed by atoms with Crippen molar-refractivity contribution >= 4 is 17.4 Å². The van der Waals surface area contributed by atoms with E-state index < -0.39 is 0 Å². The second kappa shape index (κ2) is 6.75. The van der Waals surface area contributed by atoms with Crippen molar-refractivity contribution in [2.75, 3.05) is 13.2 Å². The summed E-state index contributed by atoms with van der Waals surface area (Å²) in [6.07, 6.45) is 3.19. The molecular formula is C13H20N2O2S. The molecule has 1 aromatic rings. The first-order valence-electron chi connectivity index (χ1n) is 6.44. The highest BCUT2D eigenvalue weighted by Gasteiger charge is 2.23. The highest BCUT2D eigenvalue weighted by molar-refractivity contribution is 7.09. The van der Waals surface area contributed by atoms with Crippen molar-refractivity contribution in [1.82, 2.24) is 10.6 Å². The first-order chi connectivity index (χ1) is 8.75. The number of ether oxygens (including phenoxy) is 1. The summed E-state index contributed by atoms with van der Waals surface area (Å²) in [5.74, 6) is 0. The molecule has 0 aliphatic carbocycles. The molecule has 18 heavy (non-hydrogen) atoms. The van der Waals surface area contributed by atoms with Crippen LogP contribution in [0.5, 0.6) is 0 Å². The Morgan fingerprint density at radius 1 is 1.67 bits per heavy atom. The van der Waals surface area contributed by atoms with Crippen LogP contribution in [0.4, 0.5) is 4.79 Å². The third-order valence-corrected chi connectivity index (χ3v) is 4.05. The van der Waals surface area contributed by atoms with Gasteiger partial charge in [0.25, 0.3) is 0 Å². The van der Waals surface area contributed by atoms with E-state index in [0.29, 0.717) is 6.54 Å². The Morgan fingerprint density at radius 2 is 2.56 bits per heavy atom. The van der Waals surface area contributed by atoms with Crippen molar-refractivity contribution in [2.45, 2.75) is 38.3 Å². The lowest BCUT2D eigenvalue weighted by atomic mass is 10.1. The Morgan fingerprint density at radius 3 is 3.22 bits per heavy atom. The number of rotatable bonds is 5. The summed E-state index contributed by atoms with van der Waals surface area (Å²) >= 11 is 1.72. The fourth-order valence-electron chi connectivity index (χ4n) is 2.10. The van der Waals surface area contributed by atoms with Crippen molar-refractivity contribution in [1.29, 1.82) is 0 Å². The zero-order valence-electron chi connectivity index (χ0n) is 10.6. The van der Waals surface area contributed by atoms with Crippen molar-refractivity contribution < 1.29 is 9.53 Å². The molecule has 1 saturated heterocycles. The fourth-order valence-corrected chi connectivity index (χ4v) is 2.81. The monoisotopic (exact) mass is 268 g/mol. The minimum Gasteiger partial charge on any atom is -0.376 e. The van der Waals surface area contributed by atoms with Crippen LogP contribution in [0.2, 0.25) is 0 Å². The smallest absolute Gasteiger partial charge is 0.315 e. The average molecular weight is 268 g/mol. The Hall–Kier alpha value is -1.07. The molecule has 4 nitrogen and oxygen atoms in total. The number of urea groups is 1. The van der Waals surface area contributed by atoms with Gasteiger partial charge in [0, 0.05) is 18.0 Å². The van der Waals surface area contributed by atoms with Gasteiger partial charge in [-0.05, 0) is 37.6 Å². The second-order valence-electron chi connectivity index (χ2n) is 4.57. The van der Waals surface area contributed by atoms with E-state index in [1.807, 2.05) is 13.0 Å². The second-order valence-corrected chi connectivity index (χ2v) is 5.60. The molecule has 1 aliphatic rings. The summed E-state index contributed by atoms with van der Waals surface area (Å²) < 4.78 is 5.54. The van der Waals surface area contributed by atoms with Crippen LogP contribution in [0.15, 0.2) is 17.5 Å². The number of carbonyl (C=O) groups is 1. The Labute approximate surface area is 112 Å². The van der Waals surface area contributed by atoms with Crippen LogP contribution in [0.3, 0.4) is 0 Å². The van der Waals surface area contributed by atoms with Crippen molar-refractivity contribution in [3.05, 3.63) is 22.4 Å². The summed E-state index contributed by atoms with van der Waals surface area (Å²) in [5.41, 5.74) is 0.